The number of benzene rings is 2. The van der Waals surface area contributed by atoms with Crippen molar-refractivity contribution >= 4 is 5.71 Å². The maximum atomic E-state index is 6.45. The molecule has 0 fully saturated rings. The summed E-state index contributed by atoms with van der Waals surface area (Å²) in [6.45, 7) is 1.94. The molecular formula is C23H22N2O4. The second-order valence-corrected chi connectivity index (χ2v) is 7.18. The summed E-state index contributed by atoms with van der Waals surface area (Å²) in [7, 11) is 3.32. The lowest BCUT2D eigenvalue weighted by molar-refractivity contribution is -0.0210. The predicted molar refractivity (Wildman–Crippen MR) is 109 cm³/mol. The first-order valence-electron chi connectivity index (χ1n) is 9.58. The van der Waals surface area contributed by atoms with Crippen molar-refractivity contribution in [1.29, 1.82) is 0 Å². The maximum Gasteiger partial charge on any atom is 0.214 e. The van der Waals surface area contributed by atoms with Crippen LogP contribution in [0.1, 0.15) is 41.3 Å². The standard InChI is InChI=1S/C23H22N2O4/c1-14-10-11-20(28-14)18-13-19-17-8-5-9-21(27-3)22(17)29-23(25(19)24-18)15-6-4-7-16(12-15)26-2/h4-12,19,23H,13H2,1-3H3/t19-,23+/m0/s1. The molecule has 6 nitrogen and oxygen atoms in total. The molecule has 0 aliphatic carbocycles. The molecule has 0 saturated heterocycles. The van der Waals surface area contributed by atoms with Gasteiger partial charge in [0.2, 0.25) is 6.23 Å². The van der Waals surface area contributed by atoms with E-state index < -0.39 is 6.23 Å². The van der Waals surface area contributed by atoms with Gasteiger partial charge in [0.25, 0.3) is 0 Å². The Balaban J connectivity index is 1.62. The summed E-state index contributed by atoms with van der Waals surface area (Å²) >= 11 is 0. The summed E-state index contributed by atoms with van der Waals surface area (Å²) in [5.41, 5.74) is 2.94. The van der Waals surface area contributed by atoms with E-state index in [9.17, 15) is 0 Å². The molecule has 2 aliphatic rings. The Morgan fingerprint density at radius 2 is 1.90 bits per heavy atom. The molecule has 0 radical (unpaired) electrons. The van der Waals surface area contributed by atoms with Crippen molar-refractivity contribution in [3.8, 4) is 17.2 Å². The highest BCUT2D eigenvalue weighted by Gasteiger charge is 2.42. The van der Waals surface area contributed by atoms with Gasteiger partial charge in [0.15, 0.2) is 11.5 Å². The molecule has 0 bridgehead atoms. The van der Waals surface area contributed by atoms with Crippen LogP contribution in [-0.2, 0) is 0 Å². The third kappa shape index (κ3) is 2.92. The van der Waals surface area contributed by atoms with Gasteiger partial charge in [0.05, 0.1) is 20.3 Å². The minimum atomic E-state index is -0.396. The van der Waals surface area contributed by atoms with Gasteiger partial charge in [-0.05, 0) is 37.3 Å². The molecule has 3 heterocycles. The highest BCUT2D eigenvalue weighted by atomic mass is 16.5. The number of aryl methyl sites for hydroxylation is 1. The van der Waals surface area contributed by atoms with Crippen LogP contribution >= 0.6 is 0 Å². The van der Waals surface area contributed by atoms with Gasteiger partial charge in [-0.25, -0.2) is 5.01 Å². The number of furan rings is 1. The number of methoxy groups -OCH3 is 2. The van der Waals surface area contributed by atoms with Gasteiger partial charge in [-0.2, -0.15) is 5.10 Å². The summed E-state index contributed by atoms with van der Waals surface area (Å²) in [4.78, 5) is 0. The van der Waals surface area contributed by atoms with Gasteiger partial charge in [-0.1, -0.05) is 24.3 Å². The average Bonchev–Trinajstić information content (AvgIpc) is 3.39. The lowest BCUT2D eigenvalue weighted by Gasteiger charge is -2.38. The van der Waals surface area contributed by atoms with Crippen molar-refractivity contribution in [3.63, 3.8) is 0 Å². The number of para-hydroxylation sites is 1. The summed E-state index contributed by atoms with van der Waals surface area (Å²) in [6, 6.07) is 17.8. The SMILES string of the molecule is COc1cccc([C@H]2Oc3c(OC)cccc3[C@@H]3CC(c4ccc(C)o4)=NN23)c1. The van der Waals surface area contributed by atoms with Crippen molar-refractivity contribution in [2.45, 2.75) is 25.6 Å². The van der Waals surface area contributed by atoms with E-state index in [2.05, 4.69) is 6.07 Å². The summed E-state index contributed by atoms with van der Waals surface area (Å²) in [5, 5.41) is 6.93. The lowest BCUT2D eigenvalue weighted by atomic mass is 9.97. The van der Waals surface area contributed by atoms with E-state index in [1.165, 1.54) is 0 Å². The molecule has 3 aromatic rings. The van der Waals surface area contributed by atoms with E-state index in [4.69, 9.17) is 23.7 Å². The largest absolute Gasteiger partial charge is 0.497 e. The molecule has 0 amide bonds. The average molecular weight is 390 g/mol. The Bertz CT molecular complexity index is 1090. The number of rotatable bonds is 4. The normalized spacial score (nSPS) is 19.8. The van der Waals surface area contributed by atoms with Crippen LogP contribution in [0.5, 0.6) is 17.2 Å². The fourth-order valence-corrected chi connectivity index (χ4v) is 4.00. The second kappa shape index (κ2) is 6.88. The molecule has 0 N–H and O–H groups in total. The van der Waals surface area contributed by atoms with Crippen molar-refractivity contribution in [3.05, 3.63) is 77.2 Å². The van der Waals surface area contributed by atoms with E-state index in [1.54, 1.807) is 14.2 Å². The van der Waals surface area contributed by atoms with Crippen LogP contribution in [0.15, 0.2) is 64.1 Å². The number of fused-ring (bicyclic) bond motifs is 3. The minimum Gasteiger partial charge on any atom is -0.497 e. The van der Waals surface area contributed by atoms with Crippen LogP contribution < -0.4 is 14.2 Å². The Labute approximate surface area is 169 Å². The maximum absolute atomic E-state index is 6.45. The summed E-state index contributed by atoms with van der Waals surface area (Å²) in [6.07, 6.45) is 0.337. The molecular weight excluding hydrogens is 368 g/mol. The van der Waals surface area contributed by atoms with Gasteiger partial charge in [-0.15, -0.1) is 0 Å². The van der Waals surface area contributed by atoms with Crippen molar-refractivity contribution in [2.24, 2.45) is 5.10 Å². The molecule has 2 aliphatic heterocycles. The van der Waals surface area contributed by atoms with Crippen LogP contribution in [0.4, 0.5) is 0 Å². The zero-order valence-electron chi connectivity index (χ0n) is 16.6. The van der Waals surface area contributed by atoms with Gasteiger partial charge >= 0.3 is 0 Å². The first-order valence-corrected chi connectivity index (χ1v) is 9.58. The molecule has 0 unspecified atom stereocenters. The molecule has 0 spiro atoms. The summed E-state index contributed by atoms with van der Waals surface area (Å²) in [5.74, 6) is 3.92. The molecule has 6 heteroatoms. The Kier molecular flexibility index (Phi) is 4.19. The Morgan fingerprint density at radius 1 is 1.03 bits per heavy atom. The zero-order chi connectivity index (χ0) is 20.0. The predicted octanol–water partition coefficient (Wildman–Crippen LogP) is 4.85. The van der Waals surface area contributed by atoms with Gasteiger partial charge in [0.1, 0.15) is 23.0 Å². The van der Waals surface area contributed by atoms with E-state index in [0.717, 1.165) is 52.0 Å². The first-order chi connectivity index (χ1) is 14.2. The van der Waals surface area contributed by atoms with Crippen molar-refractivity contribution in [2.75, 3.05) is 14.2 Å². The second-order valence-electron chi connectivity index (χ2n) is 7.18. The zero-order valence-corrected chi connectivity index (χ0v) is 16.6. The fraction of sp³-hybridized carbons (Fsp3) is 0.261. The molecule has 5 rings (SSSR count). The van der Waals surface area contributed by atoms with Crippen LogP contribution in [0, 0.1) is 6.92 Å². The summed E-state index contributed by atoms with van der Waals surface area (Å²) < 4.78 is 23.3. The van der Waals surface area contributed by atoms with Crippen LogP contribution in [0.3, 0.4) is 0 Å². The third-order valence-electron chi connectivity index (χ3n) is 5.40. The van der Waals surface area contributed by atoms with E-state index >= 15 is 0 Å². The minimum absolute atomic E-state index is 0.0328. The van der Waals surface area contributed by atoms with E-state index in [0.29, 0.717) is 0 Å². The third-order valence-corrected chi connectivity index (χ3v) is 5.40. The smallest absolute Gasteiger partial charge is 0.214 e. The Hall–Kier alpha value is -3.41. The van der Waals surface area contributed by atoms with Gasteiger partial charge in [0, 0.05) is 17.5 Å². The molecule has 1 aromatic heterocycles. The van der Waals surface area contributed by atoms with Gasteiger partial charge < -0.3 is 18.6 Å². The molecule has 148 valence electrons. The molecule has 29 heavy (non-hydrogen) atoms. The highest BCUT2D eigenvalue weighted by molar-refractivity contribution is 5.99. The number of hydrogen-bond acceptors (Lipinski definition) is 6. The fourth-order valence-electron chi connectivity index (χ4n) is 4.00. The van der Waals surface area contributed by atoms with Crippen molar-refractivity contribution in [1.82, 2.24) is 5.01 Å². The monoisotopic (exact) mass is 390 g/mol. The lowest BCUT2D eigenvalue weighted by Crippen LogP contribution is -2.33. The molecule has 2 atom stereocenters. The number of hydrogen-bond donors (Lipinski definition) is 0. The van der Waals surface area contributed by atoms with Gasteiger partial charge in [-0.3, -0.25) is 0 Å². The van der Waals surface area contributed by atoms with E-state index in [1.807, 2.05) is 60.5 Å². The topological polar surface area (TPSA) is 56.4 Å². The molecule has 0 saturated carbocycles. The quantitative estimate of drug-likeness (QED) is 0.638. The molecule has 2 aromatic carbocycles. The number of ether oxygens (including phenoxy) is 3. The number of nitrogens with zero attached hydrogens (tertiary/aromatic N) is 2. The van der Waals surface area contributed by atoms with Crippen LogP contribution in [0.25, 0.3) is 0 Å². The van der Waals surface area contributed by atoms with Crippen molar-refractivity contribution < 1.29 is 18.6 Å². The van der Waals surface area contributed by atoms with Crippen LogP contribution in [0.2, 0.25) is 0 Å². The first kappa shape index (κ1) is 17.7. The Morgan fingerprint density at radius 3 is 2.66 bits per heavy atom. The highest BCUT2D eigenvalue weighted by Crippen LogP contribution is 2.50. The van der Waals surface area contributed by atoms with Crippen LogP contribution in [-0.4, -0.2) is 24.9 Å². The number of hydrazone groups is 1. The van der Waals surface area contributed by atoms with E-state index in [-0.39, 0.29) is 6.04 Å².